The van der Waals surface area contributed by atoms with Gasteiger partial charge in [0.2, 0.25) is 10.0 Å². The summed E-state index contributed by atoms with van der Waals surface area (Å²) < 4.78 is 32.6. The summed E-state index contributed by atoms with van der Waals surface area (Å²) in [5.74, 6) is 1.01. The first-order valence-electron chi connectivity index (χ1n) is 9.35. The monoisotopic (exact) mass is 402 g/mol. The zero-order valence-corrected chi connectivity index (χ0v) is 17.2. The molecule has 0 bridgehead atoms. The predicted octanol–water partition coefficient (Wildman–Crippen LogP) is 3.61. The van der Waals surface area contributed by atoms with Crippen LogP contribution in [0, 0.1) is 11.8 Å². The number of sulfonamides is 1. The highest BCUT2D eigenvalue weighted by molar-refractivity contribution is 7.89. The number of nitrogens with zero attached hydrogens (tertiary/aromatic N) is 1. The number of anilines is 1. The van der Waals surface area contributed by atoms with Crippen molar-refractivity contribution in [3.8, 4) is 5.75 Å². The van der Waals surface area contributed by atoms with Gasteiger partial charge in [0.15, 0.2) is 0 Å². The average molecular weight is 403 g/mol. The number of rotatable bonds is 5. The summed E-state index contributed by atoms with van der Waals surface area (Å²) in [5.41, 5.74) is 1.000. The number of carbonyl (C=O) groups is 1. The number of benzene rings is 2. The van der Waals surface area contributed by atoms with Gasteiger partial charge in [0.25, 0.3) is 5.91 Å². The number of methoxy groups -OCH3 is 1. The molecule has 2 aromatic rings. The first kappa shape index (κ1) is 20.4. The molecule has 28 heavy (non-hydrogen) atoms. The first-order chi connectivity index (χ1) is 13.3. The maximum absolute atomic E-state index is 12.9. The summed E-state index contributed by atoms with van der Waals surface area (Å²) in [5, 5.41) is 2.79. The molecule has 0 radical (unpaired) electrons. The van der Waals surface area contributed by atoms with Crippen LogP contribution in [0.3, 0.4) is 0 Å². The van der Waals surface area contributed by atoms with Crippen molar-refractivity contribution in [1.29, 1.82) is 0 Å². The largest absolute Gasteiger partial charge is 0.497 e. The zero-order chi connectivity index (χ0) is 20.3. The lowest BCUT2D eigenvalue weighted by atomic mass is 9.94. The molecule has 1 N–H and O–H groups in total. The van der Waals surface area contributed by atoms with E-state index in [0.717, 1.165) is 6.42 Å². The third-order valence-corrected chi connectivity index (χ3v) is 6.76. The highest BCUT2D eigenvalue weighted by Crippen LogP contribution is 2.27. The molecule has 1 heterocycles. The Morgan fingerprint density at radius 1 is 1.07 bits per heavy atom. The number of ether oxygens (including phenoxy) is 1. The maximum atomic E-state index is 12.9. The van der Waals surface area contributed by atoms with E-state index >= 15 is 0 Å². The van der Waals surface area contributed by atoms with Gasteiger partial charge in [0.05, 0.1) is 12.0 Å². The third kappa shape index (κ3) is 4.54. The first-order valence-corrected chi connectivity index (χ1v) is 10.8. The zero-order valence-electron chi connectivity index (χ0n) is 16.4. The molecule has 0 aliphatic carbocycles. The Morgan fingerprint density at radius 3 is 2.32 bits per heavy atom. The molecular weight excluding hydrogens is 376 g/mol. The van der Waals surface area contributed by atoms with E-state index in [4.69, 9.17) is 4.74 Å². The molecule has 0 aromatic heterocycles. The van der Waals surface area contributed by atoms with E-state index in [-0.39, 0.29) is 10.8 Å². The lowest BCUT2D eigenvalue weighted by Crippen LogP contribution is -2.42. The molecule has 1 saturated heterocycles. The highest BCUT2D eigenvalue weighted by Gasteiger charge is 2.31. The summed E-state index contributed by atoms with van der Waals surface area (Å²) in [6.07, 6.45) is 1.04. The molecular formula is C21H26N2O4S. The molecule has 3 rings (SSSR count). The highest BCUT2D eigenvalue weighted by atomic mass is 32.2. The number of amides is 1. The molecule has 7 heteroatoms. The molecule has 1 amide bonds. The van der Waals surface area contributed by atoms with Gasteiger partial charge in [-0.05, 0) is 54.7 Å². The van der Waals surface area contributed by atoms with Gasteiger partial charge in [0.1, 0.15) is 5.75 Å². The minimum Gasteiger partial charge on any atom is -0.497 e. The van der Waals surface area contributed by atoms with Gasteiger partial charge in [-0.25, -0.2) is 8.42 Å². The van der Waals surface area contributed by atoms with Crippen LogP contribution >= 0.6 is 0 Å². The molecule has 1 aliphatic heterocycles. The van der Waals surface area contributed by atoms with Crippen molar-refractivity contribution in [3.63, 3.8) is 0 Å². The van der Waals surface area contributed by atoms with Crippen LogP contribution in [-0.2, 0) is 10.0 Å². The van der Waals surface area contributed by atoms with E-state index < -0.39 is 10.0 Å². The van der Waals surface area contributed by atoms with E-state index in [2.05, 4.69) is 19.2 Å². The Hall–Kier alpha value is -2.38. The standard InChI is InChI=1S/C21H26N2O4S/c1-15-11-16(2)14-23(13-15)28(25,26)20-9-7-17(8-10-20)21(24)22-18-5-4-6-19(12-18)27-3/h4-10,12,15-16H,11,13-14H2,1-3H3,(H,22,24). The van der Waals surface area contributed by atoms with Crippen LogP contribution in [0.1, 0.15) is 30.6 Å². The lowest BCUT2D eigenvalue weighted by Gasteiger charge is -2.34. The second-order valence-corrected chi connectivity index (χ2v) is 9.42. The topological polar surface area (TPSA) is 75.7 Å². The Balaban J connectivity index is 1.74. The van der Waals surface area contributed by atoms with Gasteiger partial charge >= 0.3 is 0 Å². The summed E-state index contributed by atoms with van der Waals surface area (Å²) in [4.78, 5) is 12.7. The van der Waals surface area contributed by atoms with Crippen molar-refractivity contribution < 1.29 is 17.9 Å². The molecule has 1 aliphatic rings. The molecule has 0 saturated carbocycles. The van der Waals surface area contributed by atoms with Gasteiger partial charge < -0.3 is 10.1 Å². The number of hydrogen-bond donors (Lipinski definition) is 1. The van der Waals surface area contributed by atoms with E-state index in [1.54, 1.807) is 47.8 Å². The summed E-state index contributed by atoms with van der Waals surface area (Å²) in [7, 11) is -1.99. The quantitative estimate of drug-likeness (QED) is 0.829. The summed E-state index contributed by atoms with van der Waals surface area (Å²) in [6, 6.07) is 13.1. The number of hydrogen-bond acceptors (Lipinski definition) is 4. The van der Waals surface area contributed by atoms with Crippen molar-refractivity contribution in [2.75, 3.05) is 25.5 Å². The van der Waals surface area contributed by atoms with Crippen LogP contribution in [0.5, 0.6) is 5.75 Å². The van der Waals surface area contributed by atoms with E-state index in [1.807, 2.05) is 0 Å². The SMILES string of the molecule is COc1cccc(NC(=O)c2ccc(S(=O)(=O)N3CC(C)CC(C)C3)cc2)c1. The third-order valence-electron chi connectivity index (χ3n) is 4.92. The fourth-order valence-corrected chi connectivity index (χ4v) is 5.31. The van der Waals surface area contributed by atoms with Crippen LogP contribution in [0.4, 0.5) is 5.69 Å². The van der Waals surface area contributed by atoms with Crippen LogP contribution in [0.2, 0.25) is 0 Å². The van der Waals surface area contributed by atoms with Gasteiger partial charge in [-0.15, -0.1) is 0 Å². The molecule has 2 unspecified atom stereocenters. The second-order valence-electron chi connectivity index (χ2n) is 7.48. The van der Waals surface area contributed by atoms with Gasteiger partial charge in [0, 0.05) is 30.4 Å². The fraction of sp³-hybridized carbons (Fsp3) is 0.381. The summed E-state index contributed by atoms with van der Waals surface area (Å²) >= 11 is 0. The van der Waals surface area contributed by atoms with Crippen LogP contribution in [0.15, 0.2) is 53.4 Å². The number of piperidine rings is 1. The van der Waals surface area contributed by atoms with E-state index in [1.165, 1.54) is 12.1 Å². The number of carbonyl (C=O) groups excluding carboxylic acids is 1. The van der Waals surface area contributed by atoms with Crippen molar-refractivity contribution in [2.45, 2.75) is 25.2 Å². The Bertz CT molecular complexity index is 931. The maximum Gasteiger partial charge on any atom is 0.255 e. The van der Waals surface area contributed by atoms with Crippen molar-refractivity contribution in [1.82, 2.24) is 4.31 Å². The average Bonchev–Trinajstić information content (AvgIpc) is 2.67. The molecule has 2 aromatic carbocycles. The molecule has 1 fully saturated rings. The predicted molar refractivity (Wildman–Crippen MR) is 109 cm³/mol. The number of nitrogens with one attached hydrogen (secondary N) is 1. The molecule has 0 spiro atoms. The smallest absolute Gasteiger partial charge is 0.255 e. The van der Waals surface area contributed by atoms with Crippen molar-refractivity contribution >= 4 is 21.6 Å². The Labute approximate surface area is 166 Å². The van der Waals surface area contributed by atoms with E-state index in [0.29, 0.717) is 41.9 Å². The van der Waals surface area contributed by atoms with E-state index in [9.17, 15) is 13.2 Å². The Kier molecular flexibility index (Phi) is 6.05. The minimum absolute atomic E-state index is 0.215. The fourth-order valence-electron chi connectivity index (χ4n) is 3.63. The van der Waals surface area contributed by atoms with Gasteiger partial charge in [-0.3, -0.25) is 4.79 Å². The van der Waals surface area contributed by atoms with Crippen molar-refractivity contribution in [2.24, 2.45) is 11.8 Å². The summed E-state index contributed by atoms with van der Waals surface area (Å²) in [6.45, 7) is 5.21. The van der Waals surface area contributed by atoms with Crippen LogP contribution < -0.4 is 10.1 Å². The lowest BCUT2D eigenvalue weighted by molar-refractivity contribution is 0.102. The van der Waals surface area contributed by atoms with Crippen molar-refractivity contribution in [3.05, 3.63) is 54.1 Å². The van der Waals surface area contributed by atoms with Gasteiger partial charge in [-0.1, -0.05) is 19.9 Å². The van der Waals surface area contributed by atoms with Crippen LogP contribution in [-0.4, -0.2) is 38.8 Å². The second kappa shape index (κ2) is 8.32. The normalized spacial score (nSPS) is 20.5. The Morgan fingerprint density at radius 2 is 1.71 bits per heavy atom. The molecule has 150 valence electrons. The molecule has 6 nitrogen and oxygen atoms in total. The minimum atomic E-state index is -3.55. The van der Waals surface area contributed by atoms with Gasteiger partial charge in [-0.2, -0.15) is 4.31 Å². The molecule has 2 atom stereocenters. The van der Waals surface area contributed by atoms with Crippen LogP contribution in [0.25, 0.3) is 0 Å².